The van der Waals surface area contributed by atoms with Crippen molar-refractivity contribution in [3.8, 4) is 11.1 Å². The van der Waals surface area contributed by atoms with Crippen molar-refractivity contribution in [2.24, 2.45) is 0 Å². The van der Waals surface area contributed by atoms with E-state index < -0.39 is 0 Å². The van der Waals surface area contributed by atoms with E-state index in [-0.39, 0.29) is 0 Å². The van der Waals surface area contributed by atoms with Crippen LogP contribution in [0.4, 0.5) is 28.4 Å². The Morgan fingerprint density at radius 2 is 0.902 bits per heavy atom. The van der Waals surface area contributed by atoms with Crippen molar-refractivity contribution in [2.75, 3.05) is 16.8 Å². The van der Waals surface area contributed by atoms with Crippen LogP contribution in [0.5, 0.6) is 0 Å². The summed E-state index contributed by atoms with van der Waals surface area (Å²) < 4.78 is 0. The minimum Gasteiger partial charge on any atom is -0.344 e. The number of fused-ring (bicyclic) bond motifs is 2. The maximum Gasteiger partial charge on any atom is 0.0487 e. The van der Waals surface area contributed by atoms with E-state index in [4.69, 9.17) is 0 Å². The molecule has 2 heteroatoms. The normalized spacial score (nSPS) is 11.0. The van der Waals surface area contributed by atoms with Crippen molar-refractivity contribution in [3.05, 3.63) is 164 Å². The molecule has 7 rings (SSSR count). The Labute approximate surface area is 241 Å². The molecule has 0 bridgehead atoms. The molecule has 0 radical (unpaired) electrons. The topological polar surface area (TPSA) is 6.48 Å². The van der Waals surface area contributed by atoms with Crippen molar-refractivity contribution >= 4 is 50.0 Å². The first-order valence-corrected chi connectivity index (χ1v) is 14.0. The molecular formula is C39H30N2. The monoisotopic (exact) mass is 526 g/mol. The smallest absolute Gasteiger partial charge is 0.0487 e. The highest BCUT2D eigenvalue weighted by Crippen LogP contribution is 2.37. The molecule has 0 N–H and O–H groups in total. The lowest BCUT2D eigenvalue weighted by Crippen LogP contribution is -2.10. The average Bonchev–Trinajstić information content (AvgIpc) is 3.05. The molecule has 0 aliphatic heterocycles. The third-order valence-electron chi connectivity index (χ3n) is 7.85. The summed E-state index contributed by atoms with van der Waals surface area (Å²) in [5, 5.41) is 4.98. The largest absolute Gasteiger partial charge is 0.344 e. The van der Waals surface area contributed by atoms with Crippen molar-refractivity contribution in [3.63, 3.8) is 0 Å². The summed E-state index contributed by atoms with van der Waals surface area (Å²) in [6.07, 6.45) is 0. The van der Waals surface area contributed by atoms with E-state index in [0.29, 0.717) is 0 Å². The predicted octanol–water partition coefficient (Wildman–Crippen LogP) is 10.9. The number of rotatable bonds is 6. The standard InChI is InChI=1S/C39H30N2/c1-40(39-17-9-13-32-11-7-8-16-38(32)39)34-23-18-30(19-24-34)31-20-25-36(26-21-31)41(35-14-3-2-4-15-35)37-27-22-29-10-5-6-12-33(29)28-37/h2-28H,1H3. The fourth-order valence-corrected chi connectivity index (χ4v) is 5.66. The van der Waals surface area contributed by atoms with Gasteiger partial charge in [-0.05, 0) is 81.9 Å². The number of para-hydroxylation sites is 1. The van der Waals surface area contributed by atoms with Crippen LogP contribution in [0.25, 0.3) is 32.7 Å². The van der Waals surface area contributed by atoms with Gasteiger partial charge >= 0.3 is 0 Å². The van der Waals surface area contributed by atoms with Gasteiger partial charge in [0.15, 0.2) is 0 Å². The Kier molecular flexibility index (Phi) is 6.42. The van der Waals surface area contributed by atoms with E-state index in [1.54, 1.807) is 0 Å². The van der Waals surface area contributed by atoms with Gasteiger partial charge in [0.25, 0.3) is 0 Å². The molecule has 0 atom stereocenters. The molecule has 0 aromatic heterocycles. The SMILES string of the molecule is CN(c1ccc(-c2ccc(N(c3ccccc3)c3ccc4ccccc4c3)cc2)cc1)c1cccc2ccccc12. The van der Waals surface area contributed by atoms with Crippen LogP contribution >= 0.6 is 0 Å². The maximum atomic E-state index is 2.32. The van der Waals surface area contributed by atoms with E-state index in [0.717, 1.165) is 22.7 Å². The number of benzene rings is 7. The molecule has 0 spiro atoms. The maximum absolute atomic E-state index is 2.32. The molecule has 0 amide bonds. The molecule has 196 valence electrons. The molecule has 0 aliphatic carbocycles. The van der Waals surface area contributed by atoms with Crippen LogP contribution in [-0.4, -0.2) is 7.05 Å². The second kappa shape index (κ2) is 10.7. The van der Waals surface area contributed by atoms with Gasteiger partial charge in [-0.25, -0.2) is 0 Å². The Bertz CT molecular complexity index is 1940. The van der Waals surface area contributed by atoms with Gasteiger partial charge in [0.05, 0.1) is 0 Å². The van der Waals surface area contributed by atoms with Crippen LogP contribution in [0.15, 0.2) is 164 Å². The van der Waals surface area contributed by atoms with Crippen LogP contribution < -0.4 is 9.80 Å². The summed E-state index contributed by atoms with van der Waals surface area (Å²) >= 11 is 0. The van der Waals surface area contributed by atoms with Crippen molar-refractivity contribution < 1.29 is 0 Å². The average molecular weight is 527 g/mol. The molecule has 0 aliphatic rings. The lowest BCUT2D eigenvalue weighted by molar-refractivity contribution is 1.22. The first-order chi connectivity index (χ1) is 20.2. The Morgan fingerprint density at radius 1 is 0.366 bits per heavy atom. The van der Waals surface area contributed by atoms with Crippen molar-refractivity contribution in [1.82, 2.24) is 0 Å². The van der Waals surface area contributed by atoms with E-state index in [1.165, 1.54) is 38.4 Å². The number of hydrogen-bond donors (Lipinski definition) is 0. The van der Waals surface area contributed by atoms with Crippen LogP contribution in [-0.2, 0) is 0 Å². The molecule has 0 fully saturated rings. The molecule has 41 heavy (non-hydrogen) atoms. The lowest BCUT2D eigenvalue weighted by Gasteiger charge is -2.26. The molecule has 0 saturated heterocycles. The predicted molar refractivity (Wildman–Crippen MR) is 176 cm³/mol. The lowest BCUT2D eigenvalue weighted by atomic mass is 10.0. The highest BCUT2D eigenvalue weighted by molar-refractivity contribution is 5.96. The number of nitrogens with zero attached hydrogens (tertiary/aromatic N) is 2. The number of hydrogen-bond acceptors (Lipinski definition) is 2. The van der Waals surface area contributed by atoms with Crippen molar-refractivity contribution in [1.29, 1.82) is 0 Å². The van der Waals surface area contributed by atoms with Gasteiger partial charge in [0.1, 0.15) is 0 Å². The summed E-state index contributed by atoms with van der Waals surface area (Å²) in [5.74, 6) is 0. The van der Waals surface area contributed by atoms with Crippen molar-refractivity contribution in [2.45, 2.75) is 0 Å². The molecule has 0 unspecified atom stereocenters. The molecular weight excluding hydrogens is 496 g/mol. The van der Waals surface area contributed by atoms with Gasteiger partial charge < -0.3 is 9.80 Å². The van der Waals surface area contributed by atoms with Gasteiger partial charge in [0.2, 0.25) is 0 Å². The minimum atomic E-state index is 1.13. The van der Waals surface area contributed by atoms with E-state index in [1.807, 2.05) is 0 Å². The van der Waals surface area contributed by atoms with E-state index in [9.17, 15) is 0 Å². The number of anilines is 5. The first kappa shape index (κ1) is 24.7. The summed E-state index contributed by atoms with van der Waals surface area (Å²) in [7, 11) is 2.14. The fourth-order valence-electron chi connectivity index (χ4n) is 5.66. The van der Waals surface area contributed by atoms with Gasteiger partial charge in [-0.2, -0.15) is 0 Å². The summed E-state index contributed by atoms with van der Waals surface area (Å²) in [4.78, 5) is 4.58. The summed E-state index contributed by atoms with van der Waals surface area (Å²) in [6.45, 7) is 0. The minimum absolute atomic E-state index is 1.13. The quantitative estimate of drug-likeness (QED) is 0.213. The zero-order chi connectivity index (χ0) is 27.6. The molecule has 7 aromatic carbocycles. The van der Waals surface area contributed by atoms with Gasteiger partial charge in [-0.3, -0.25) is 0 Å². The Morgan fingerprint density at radius 3 is 1.63 bits per heavy atom. The summed E-state index contributed by atoms with van der Waals surface area (Å²) in [6, 6.07) is 58.5. The Balaban J connectivity index is 1.19. The zero-order valence-electron chi connectivity index (χ0n) is 23.0. The second-order valence-electron chi connectivity index (χ2n) is 10.4. The molecule has 7 aromatic rings. The van der Waals surface area contributed by atoms with Gasteiger partial charge in [-0.15, -0.1) is 0 Å². The molecule has 0 heterocycles. The van der Waals surface area contributed by atoms with Gasteiger partial charge in [-0.1, -0.05) is 109 Å². The second-order valence-corrected chi connectivity index (χ2v) is 10.4. The molecule has 2 nitrogen and oxygen atoms in total. The third-order valence-corrected chi connectivity index (χ3v) is 7.85. The van der Waals surface area contributed by atoms with Crippen LogP contribution in [0.2, 0.25) is 0 Å². The molecule has 0 saturated carbocycles. The van der Waals surface area contributed by atoms with E-state index in [2.05, 4.69) is 181 Å². The zero-order valence-corrected chi connectivity index (χ0v) is 23.0. The summed E-state index contributed by atoms with van der Waals surface area (Å²) in [5.41, 5.74) is 8.16. The fraction of sp³-hybridized carbons (Fsp3) is 0.0256. The van der Waals surface area contributed by atoms with Crippen LogP contribution in [0.3, 0.4) is 0 Å². The highest BCUT2D eigenvalue weighted by Gasteiger charge is 2.13. The van der Waals surface area contributed by atoms with Crippen LogP contribution in [0, 0.1) is 0 Å². The Hall–Kier alpha value is -5.34. The highest BCUT2D eigenvalue weighted by atomic mass is 15.1. The van der Waals surface area contributed by atoms with Gasteiger partial charge in [0, 0.05) is 40.9 Å². The van der Waals surface area contributed by atoms with E-state index >= 15 is 0 Å². The first-order valence-electron chi connectivity index (χ1n) is 14.0. The van der Waals surface area contributed by atoms with Crippen LogP contribution in [0.1, 0.15) is 0 Å². The third kappa shape index (κ3) is 4.81.